The molecule has 0 aliphatic carbocycles. The molecule has 1 aliphatic heterocycles. The van der Waals surface area contributed by atoms with Crippen LogP contribution in [0.15, 0.2) is 0 Å². The summed E-state index contributed by atoms with van der Waals surface area (Å²) in [4.78, 5) is 9.10. The van der Waals surface area contributed by atoms with Crippen LogP contribution < -0.4 is 11.0 Å². The minimum Gasteiger partial charge on any atom is -0.168 e. The minimum atomic E-state index is 0.863. The monoisotopic (exact) mass is 146 g/mol. The van der Waals surface area contributed by atoms with Gasteiger partial charge >= 0.3 is 0 Å². The van der Waals surface area contributed by atoms with Crippen LogP contribution in [0.5, 0.6) is 0 Å². The van der Waals surface area contributed by atoms with E-state index in [-0.39, 0.29) is 0 Å². The molecule has 0 radical (unpaired) electrons. The van der Waals surface area contributed by atoms with Crippen LogP contribution in [0.25, 0.3) is 0 Å². The summed E-state index contributed by atoms with van der Waals surface area (Å²) < 4.78 is 0. The minimum absolute atomic E-state index is 0.863. The van der Waals surface area contributed by atoms with Gasteiger partial charge in [-0.2, -0.15) is 11.0 Å². The lowest BCUT2D eigenvalue weighted by Crippen LogP contribution is -2.25. The zero-order valence-corrected chi connectivity index (χ0v) is 6.06. The molecule has 4 nitrogen and oxygen atoms in total. The summed E-state index contributed by atoms with van der Waals surface area (Å²) in [5.74, 6) is 0. The average Bonchev–Trinajstić information content (AvgIpc) is 2.01. The molecule has 0 spiro atoms. The number of nitrogens with one attached hydrogen (secondary N) is 2. The van der Waals surface area contributed by atoms with Gasteiger partial charge in [0.2, 0.25) is 0 Å². The Kier molecular flexibility index (Phi) is 4.46. The Labute approximate surface area is 60.7 Å². The third-order valence-electron chi connectivity index (χ3n) is 1.47. The van der Waals surface area contributed by atoms with Crippen molar-refractivity contribution in [3.63, 3.8) is 0 Å². The molecule has 0 aromatic rings. The topological polar surface area (TPSA) is 42.5 Å². The third-order valence-corrected chi connectivity index (χ3v) is 1.47. The Hall–Kier alpha value is -0.160. The fourth-order valence-corrected chi connectivity index (χ4v) is 0.890. The molecular formula is C6H14N2O2. The Balaban J connectivity index is 2.00. The Morgan fingerprint density at radius 2 is 1.20 bits per heavy atom. The summed E-state index contributed by atoms with van der Waals surface area (Å²) >= 11 is 0. The molecule has 0 saturated carbocycles. The average molecular weight is 146 g/mol. The van der Waals surface area contributed by atoms with Gasteiger partial charge in [-0.15, -0.1) is 9.98 Å². The van der Waals surface area contributed by atoms with Crippen LogP contribution in [-0.2, 0) is 9.98 Å². The van der Waals surface area contributed by atoms with E-state index in [4.69, 9.17) is 0 Å². The zero-order chi connectivity index (χ0) is 7.07. The highest BCUT2D eigenvalue weighted by Gasteiger charge is 1.94. The maximum Gasteiger partial charge on any atom is 0.0240 e. The summed E-state index contributed by atoms with van der Waals surface area (Å²) in [6.07, 6.45) is 4.84. The van der Waals surface area contributed by atoms with Gasteiger partial charge in [-0.05, 0) is 12.8 Å². The first-order chi connectivity index (χ1) is 5.00. The van der Waals surface area contributed by atoms with E-state index in [1.54, 1.807) is 0 Å². The van der Waals surface area contributed by atoms with E-state index in [0.717, 1.165) is 25.9 Å². The predicted octanol–water partition coefficient (Wildman–Crippen LogP) is 0.518. The Morgan fingerprint density at radius 1 is 0.700 bits per heavy atom. The molecule has 1 heterocycles. The van der Waals surface area contributed by atoms with Crippen molar-refractivity contribution in [3.8, 4) is 0 Å². The lowest BCUT2D eigenvalue weighted by atomic mass is 10.2. The Bertz CT molecular complexity index is 46.9. The smallest absolute Gasteiger partial charge is 0.0240 e. The molecule has 0 atom stereocenters. The van der Waals surface area contributed by atoms with Gasteiger partial charge in [0.05, 0.1) is 0 Å². The number of hydrogen-bond acceptors (Lipinski definition) is 4. The van der Waals surface area contributed by atoms with E-state index in [9.17, 15) is 0 Å². The second kappa shape index (κ2) is 5.61. The number of hydrogen-bond donors (Lipinski definition) is 2. The normalized spacial score (nSPS) is 24.0. The van der Waals surface area contributed by atoms with Gasteiger partial charge in [-0.1, -0.05) is 12.8 Å². The maximum absolute atomic E-state index is 4.55. The maximum atomic E-state index is 4.55. The predicted molar refractivity (Wildman–Crippen MR) is 36.6 cm³/mol. The third kappa shape index (κ3) is 3.79. The van der Waals surface area contributed by atoms with E-state index >= 15 is 0 Å². The summed E-state index contributed by atoms with van der Waals surface area (Å²) in [6, 6.07) is 0. The second-order valence-corrected chi connectivity index (χ2v) is 2.37. The molecule has 0 bridgehead atoms. The molecule has 4 heteroatoms. The molecule has 1 saturated heterocycles. The van der Waals surface area contributed by atoms with Gasteiger partial charge in [0.15, 0.2) is 0 Å². The van der Waals surface area contributed by atoms with Gasteiger partial charge in [0, 0.05) is 13.1 Å². The van der Waals surface area contributed by atoms with E-state index in [2.05, 4.69) is 20.9 Å². The molecule has 10 heavy (non-hydrogen) atoms. The number of rotatable bonds is 0. The molecule has 0 aromatic carbocycles. The van der Waals surface area contributed by atoms with Crippen molar-refractivity contribution in [1.82, 2.24) is 11.0 Å². The van der Waals surface area contributed by atoms with Crippen LogP contribution in [0.3, 0.4) is 0 Å². The molecule has 1 aliphatic rings. The van der Waals surface area contributed by atoms with Crippen LogP contribution in [0.4, 0.5) is 0 Å². The van der Waals surface area contributed by atoms with Crippen LogP contribution >= 0.6 is 0 Å². The van der Waals surface area contributed by atoms with Crippen molar-refractivity contribution < 1.29 is 9.98 Å². The summed E-state index contributed by atoms with van der Waals surface area (Å²) in [5.41, 5.74) is 5.34. The lowest BCUT2D eigenvalue weighted by molar-refractivity contribution is -0.374. The summed E-state index contributed by atoms with van der Waals surface area (Å²) in [6.45, 7) is 1.73. The zero-order valence-electron chi connectivity index (χ0n) is 6.06. The molecule has 0 amide bonds. The first-order valence-electron chi connectivity index (χ1n) is 3.78. The molecule has 1 fully saturated rings. The highest BCUT2D eigenvalue weighted by molar-refractivity contribution is 4.45. The lowest BCUT2D eigenvalue weighted by Gasteiger charge is -2.08. The van der Waals surface area contributed by atoms with E-state index in [1.165, 1.54) is 12.8 Å². The first-order valence-corrected chi connectivity index (χ1v) is 3.78. The van der Waals surface area contributed by atoms with Crippen molar-refractivity contribution in [1.29, 1.82) is 0 Å². The van der Waals surface area contributed by atoms with Crippen LogP contribution in [0.2, 0.25) is 0 Å². The van der Waals surface area contributed by atoms with Gasteiger partial charge in [0.25, 0.3) is 0 Å². The van der Waals surface area contributed by atoms with E-state index in [0.29, 0.717) is 0 Å². The number of hydroxylamine groups is 2. The van der Waals surface area contributed by atoms with Crippen LogP contribution in [0, 0.1) is 0 Å². The molecule has 0 unspecified atom stereocenters. The van der Waals surface area contributed by atoms with Gasteiger partial charge < -0.3 is 0 Å². The Morgan fingerprint density at radius 3 is 1.70 bits per heavy atom. The van der Waals surface area contributed by atoms with Crippen molar-refractivity contribution in [2.75, 3.05) is 13.1 Å². The van der Waals surface area contributed by atoms with Gasteiger partial charge in [0.1, 0.15) is 0 Å². The summed E-state index contributed by atoms with van der Waals surface area (Å²) in [7, 11) is 0. The molecule has 0 aromatic heterocycles. The molecular weight excluding hydrogens is 132 g/mol. The molecule has 1 rings (SSSR count). The molecule has 2 N–H and O–H groups in total. The van der Waals surface area contributed by atoms with Crippen molar-refractivity contribution in [3.05, 3.63) is 0 Å². The van der Waals surface area contributed by atoms with E-state index in [1.807, 2.05) is 0 Å². The highest BCUT2D eigenvalue weighted by atomic mass is 17.3. The largest absolute Gasteiger partial charge is 0.168 e. The van der Waals surface area contributed by atoms with E-state index < -0.39 is 0 Å². The van der Waals surface area contributed by atoms with Crippen molar-refractivity contribution in [2.24, 2.45) is 0 Å². The van der Waals surface area contributed by atoms with Crippen molar-refractivity contribution in [2.45, 2.75) is 25.7 Å². The quantitative estimate of drug-likeness (QED) is 0.489. The van der Waals surface area contributed by atoms with Crippen LogP contribution in [0.1, 0.15) is 25.7 Å². The SMILES string of the molecule is C1CCCNOONCC1. The van der Waals surface area contributed by atoms with Crippen LogP contribution in [-0.4, -0.2) is 13.1 Å². The highest BCUT2D eigenvalue weighted by Crippen LogP contribution is 1.98. The standard InChI is InChI=1S/C6H14N2O2/c1-2-4-6-8-10-9-7-5-3-1/h7-8H,1-6H2. The molecule has 60 valence electrons. The first kappa shape index (κ1) is 7.94. The fourth-order valence-electron chi connectivity index (χ4n) is 0.890. The van der Waals surface area contributed by atoms with Crippen molar-refractivity contribution >= 4 is 0 Å². The summed E-state index contributed by atoms with van der Waals surface area (Å²) in [5, 5.41) is 0. The van der Waals surface area contributed by atoms with Gasteiger partial charge in [-0.3, -0.25) is 0 Å². The van der Waals surface area contributed by atoms with Gasteiger partial charge in [-0.25, -0.2) is 0 Å². The second-order valence-electron chi connectivity index (χ2n) is 2.37. The fraction of sp³-hybridized carbons (Fsp3) is 1.00.